The third-order valence-electron chi connectivity index (χ3n) is 3.78. The third-order valence-corrected chi connectivity index (χ3v) is 3.78. The molecule has 0 aliphatic carbocycles. The fraction of sp³-hybridized carbons (Fsp3) is 0.438. The van der Waals surface area contributed by atoms with E-state index in [-0.39, 0.29) is 18.5 Å². The normalized spacial score (nSPS) is 16.0. The molecule has 2 heterocycles. The van der Waals surface area contributed by atoms with Crippen LogP contribution in [-0.4, -0.2) is 43.6 Å². The summed E-state index contributed by atoms with van der Waals surface area (Å²) in [6.45, 7) is 2.22. The molecule has 7 nitrogen and oxygen atoms in total. The number of unbranched alkanes of at least 4 members (excludes halogenated alkanes) is 1. The number of fused-ring (bicyclic) bond motifs is 1. The molecule has 0 saturated carbocycles. The van der Waals surface area contributed by atoms with Gasteiger partial charge in [-0.15, -0.1) is 10.1 Å². The van der Waals surface area contributed by atoms with Gasteiger partial charge in [-0.3, -0.25) is 4.79 Å². The van der Waals surface area contributed by atoms with Crippen LogP contribution in [0.15, 0.2) is 22.2 Å². The Morgan fingerprint density at radius 2 is 2.04 bits per heavy atom. The first-order chi connectivity index (χ1) is 11.2. The van der Waals surface area contributed by atoms with Crippen LogP contribution in [0.5, 0.6) is 11.5 Å². The summed E-state index contributed by atoms with van der Waals surface area (Å²) >= 11 is 0. The molecule has 3 rings (SSSR count). The lowest BCUT2D eigenvalue weighted by Gasteiger charge is -2.14. The van der Waals surface area contributed by atoms with Gasteiger partial charge in [-0.25, -0.2) is 4.99 Å². The zero-order chi connectivity index (χ0) is 16.4. The monoisotopic (exact) mass is 317 g/mol. The molecule has 0 fully saturated rings. The summed E-state index contributed by atoms with van der Waals surface area (Å²) in [5, 5.41) is 5.40. The minimum Gasteiger partial charge on any atom is -0.496 e. The largest absolute Gasteiger partial charge is 0.496 e. The number of methoxy groups -OCH3 is 2. The number of amidine groups is 1. The molecule has 2 aliphatic heterocycles. The lowest BCUT2D eigenvalue weighted by atomic mass is 10.0. The first-order valence-corrected chi connectivity index (χ1v) is 7.57. The molecule has 0 spiro atoms. The summed E-state index contributed by atoms with van der Waals surface area (Å²) in [4.78, 5) is 15.7. The second-order valence-electron chi connectivity index (χ2n) is 5.28. The van der Waals surface area contributed by atoms with Gasteiger partial charge in [0, 0.05) is 6.07 Å². The van der Waals surface area contributed by atoms with Crippen LogP contribution >= 0.6 is 0 Å². The molecule has 122 valence electrons. The molecular weight excluding hydrogens is 298 g/mol. The fourth-order valence-corrected chi connectivity index (χ4v) is 2.55. The molecule has 7 heteroatoms. The molecular formula is C16H19N3O4. The molecule has 1 aromatic carbocycles. The molecule has 0 bridgehead atoms. The Balaban J connectivity index is 1.99. The molecule has 2 aliphatic rings. The number of rotatable bonds is 6. The lowest BCUT2D eigenvalue weighted by molar-refractivity contribution is -0.124. The molecule has 23 heavy (non-hydrogen) atoms. The minimum absolute atomic E-state index is 0.0770. The van der Waals surface area contributed by atoms with E-state index in [0.29, 0.717) is 17.2 Å². The second kappa shape index (κ2) is 6.28. The minimum atomic E-state index is -0.200. The van der Waals surface area contributed by atoms with Crippen molar-refractivity contribution >= 4 is 17.8 Å². The van der Waals surface area contributed by atoms with Crippen LogP contribution in [0.3, 0.4) is 0 Å². The van der Waals surface area contributed by atoms with Crippen molar-refractivity contribution < 1.29 is 19.0 Å². The average molecular weight is 317 g/mol. The zero-order valence-electron chi connectivity index (χ0n) is 13.5. The highest BCUT2D eigenvalue weighted by atomic mass is 16.5. The van der Waals surface area contributed by atoms with Gasteiger partial charge >= 0.3 is 6.02 Å². The van der Waals surface area contributed by atoms with E-state index >= 15 is 0 Å². The van der Waals surface area contributed by atoms with Gasteiger partial charge < -0.3 is 14.2 Å². The number of ether oxygens (including phenoxy) is 3. The van der Waals surface area contributed by atoms with Crippen LogP contribution in [0.1, 0.15) is 30.9 Å². The van der Waals surface area contributed by atoms with Crippen molar-refractivity contribution in [2.45, 2.75) is 26.2 Å². The SMILES string of the molecule is CCCCc1cc(C2=NN3C(=O)CN=C3O2)c(OC)cc1OC. The molecule has 0 saturated heterocycles. The Bertz CT molecular complexity index is 697. The van der Waals surface area contributed by atoms with Gasteiger partial charge in [-0.05, 0) is 24.5 Å². The number of aliphatic imine (C=N–C) groups is 1. The van der Waals surface area contributed by atoms with Gasteiger partial charge in [0.1, 0.15) is 18.0 Å². The molecule has 1 amide bonds. The standard InChI is InChI=1S/C16H19N3O4/c1-4-5-6-10-7-11(13(22-3)8-12(10)21-2)15-18-19-14(20)9-17-16(19)23-15/h7-8H,4-6,9H2,1-3H3. The van der Waals surface area contributed by atoms with Gasteiger partial charge in [-0.1, -0.05) is 13.3 Å². The van der Waals surface area contributed by atoms with E-state index in [4.69, 9.17) is 14.2 Å². The van der Waals surface area contributed by atoms with Crippen molar-refractivity contribution in [1.29, 1.82) is 0 Å². The summed E-state index contributed by atoms with van der Waals surface area (Å²) in [7, 11) is 3.21. The van der Waals surface area contributed by atoms with Crippen LogP contribution in [0.2, 0.25) is 0 Å². The van der Waals surface area contributed by atoms with Gasteiger partial charge in [0.15, 0.2) is 0 Å². The average Bonchev–Trinajstić information content (AvgIpc) is 3.14. The second-order valence-corrected chi connectivity index (χ2v) is 5.28. The Morgan fingerprint density at radius 1 is 1.26 bits per heavy atom. The van der Waals surface area contributed by atoms with E-state index in [2.05, 4.69) is 17.0 Å². The van der Waals surface area contributed by atoms with Crippen molar-refractivity contribution in [3.63, 3.8) is 0 Å². The van der Waals surface area contributed by atoms with Crippen molar-refractivity contribution in [2.24, 2.45) is 10.1 Å². The van der Waals surface area contributed by atoms with Crippen molar-refractivity contribution in [3.05, 3.63) is 23.3 Å². The first kappa shape index (κ1) is 15.3. The lowest BCUT2D eigenvalue weighted by Crippen LogP contribution is -2.23. The van der Waals surface area contributed by atoms with Crippen LogP contribution in [0, 0.1) is 0 Å². The highest BCUT2D eigenvalue weighted by molar-refractivity contribution is 6.13. The molecule has 1 aromatic rings. The maximum atomic E-state index is 11.7. The summed E-state index contributed by atoms with van der Waals surface area (Å²) in [5.74, 6) is 1.46. The molecule has 0 unspecified atom stereocenters. The Labute approximate surface area is 134 Å². The number of aryl methyl sites for hydroxylation is 1. The zero-order valence-corrected chi connectivity index (χ0v) is 13.5. The number of carbonyl (C=O) groups is 1. The number of hydrazone groups is 1. The Kier molecular flexibility index (Phi) is 4.18. The highest BCUT2D eigenvalue weighted by Gasteiger charge is 2.36. The van der Waals surface area contributed by atoms with E-state index in [9.17, 15) is 4.79 Å². The van der Waals surface area contributed by atoms with E-state index in [1.807, 2.05) is 12.1 Å². The van der Waals surface area contributed by atoms with Gasteiger partial charge in [0.2, 0.25) is 0 Å². The summed E-state index contributed by atoms with van der Waals surface area (Å²) in [5.41, 5.74) is 1.74. The van der Waals surface area contributed by atoms with Gasteiger partial charge in [0.05, 0.1) is 19.8 Å². The summed E-state index contributed by atoms with van der Waals surface area (Å²) < 4.78 is 16.5. The van der Waals surface area contributed by atoms with E-state index in [1.165, 1.54) is 5.01 Å². The van der Waals surface area contributed by atoms with Crippen LogP contribution in [0.25, 0.3) is 0 Å². The molecule has 0 radical (unpaired) electrons. The van der Waals surface area contributed by atoms with Crippen LogP contribution < -0.4 is 9.47 Å². The number of hydrogen-bond acceptors (Lipinski definition) is 6. The predicted molar refractivity (Wildman–Crippen MR) is 84.9 cm³/mol. The third kappa shape index (κ3) is 2.74. The topological polar surface area (TPSA) is 72.7 Å². The van der Waals surface area contributed by atoms with E-state index < -0.39 is 0 Å². The number of carbonyl (C=O) groups excluding carboxylic acids is 1. The summed E-state index contributed by atoms with van der Waals surface area (Å²) in [6, 6.07) is 3.98. The molecule has 0 atom stereocenters. The van der Waals surface area contributed by atoms with Gasteiger partial charge in [0.25, 0.3) is 11.8 Å². The fourth-order valence-electron chi connectivity index (χ4n) is 2.55. The smallest absolute Gasteiger partial charge is 0.323 e. The van der Waals surface area contributed by atoms with Crippen molar-refractivity contribution in [3.8, 4) is 11.5 Å². The van der Waals surface area contributed by atoms with Gasteiger partial charge in [-0.2, -0.15) is 0 Å². The predicted octanol–water partition coefficient (Wildman–Crippen LogP) is 1.94. The van der Waals surface area contributed by atoms with Crippen LogP contribution in [-0.2, 0) is 16.0 Å². The number of hydrogen-bond donors (Lipinski definition) is 0. The Hall–Kier alpha value is -2.57. The number of amides is 1. The highest BCUT2D eigenvalue weighted by Crippen LogP contribution is 2.32. The van der Waals surface area contributed by atoms with E-state index in [1.54, 1.807) is 14.2 Å². The van der Waals surface area contributed by atoms with Crippen LogP contribution in [0.4, 0.5) is 0 Å². The van der Waals surface area contributed by atoms with E-state index in [0.717, 1.165) is 30.6 Å². The summed E-state index contributed by atoms with van der Waals surface area (Å²) in [6.07, 6.45) is 3.02. The maximum Gasteiger partial charge on any atom is 0.323 e. The van der Waals surface area contributed by atoms with Crippen molar-refractivity contribution in [1.82, 2.24) is 5.01 Å². The molecule has 0 aromatic heterocycles. The number of nitrogens with zero attached hydrogens (tertiary/aromatic N) is 3. The number of benzene rings is 1. The van der Waals surface area contributed by atoms with Crippen molar-refractivity contribution in [2.75, 3.05) is 20.8 Å². The quantitative estimate of drug-likeness (QED) is 0.804. The first-order valence-electron chi connectivity index (χ1n) is 7.57. The molecule has 0 N–H and O–H groups in total. The Morgan fingerprint density at radius 3 is 2.70 bits per heavy atom. The maximum absolute atomic E-state index is 11.7.